The molecule has 2 heterocycles. The molecular formula is C26H34N4O2S2. The molecule has 0 unspecified atom stereocenters. The maximum absolute atomic E-state index is 11.4. The number of thiazole rings is 1. The number of nitrogens with zero attached hydrogens (tertiary/aromatic N) is 4. The second kappa shape index (κ2) is 12.3. The van der Waals surface area contributed by atoms with Gasteiger partial charge in [-0.25, -0.2) is 15.0 Å². The van der Waals surface area contributed by atoms with E-state index in [9.17, 15) is 9.90 Å². The Morgan fingerprint density at radius 1 is 1.06 bits per heavy atom. The smallest absolute Gasteiger partial charge is 0.319 e. The van der Waals surface area contributed by atoms with Crippen molar-refractivity contribution in [2.45, 2.75) is 75.4 Å². The average Bonchev–Trinajstić information content (AvgIpc) is 3.27. The number of carbonyl (C=O) groups is 1. The Labute approximate surface area is 210 Å². The summed E-state index contributed by atoms with van der Waals surface area (Å²) >= 11 is 2.79. The second-order valence-electron chi connectivity index (χ2n) is 8.86. The van der Waals surface area contributed by atoms with Crippen LogP contribution in [0.5, 0.6) is 0 Å². The molecule has 1 N–H and O–H groups in total. The molecule has 0 radical (unpaired) electrons. The lowest BCUT2D eigenvalue weighted by molar-refractivity contribution is -0.138. The first-order valence-corrected chi connectivity index (χ1v) is 13.5. The third-order valence-corrected chi connectivity index (χ3v) is 7.80. The molecule has 0 aliphatic carbocycles. The summed E-state index contributed by atoms with van der Waals surface area (Å²) in [5, 5.41) is 11.4. The van der Waals surface area contributed by atoms with E-state index in [-0.39, 0.29) is 0 Å². The molecule has 3 rings (SSSR count). The fourth-order valence-corrected chi connectivity index (χ4v) is 5.54. The summed E-state index contributed by atoms with van der Waals surface area (Å²) in [5.74, 6) is -0.127. The predicted octanol–water partition coefficient (Wildman–Crippen LogP) is 6.04. The monoisotopic (exact) mass is 498 g/mol. The molecule has 0 aliphatic heterocycles. The van der Waals surface area contributed by atoms with E-state index >= 15 is 0 Å². The molecule has 34 heavy (non-hydrogen) atoms. The molecule has 0 saturated heterocycles. The van der Waals surface area contributed by atoms with Crippen molar-refractivity contribution in [2.75, 3.05) is 11.4 Å². The van der Waals surface area contributed by atoms with Crippen LogP contribution in [0.25, 0.3) is 0 Å². The Balaban J connectivity index is 1.71. The highest BCUT2D eigenvalue weighted by atomic mass is 32.2. The number of hydrogen-bond acceptors (Lipinski definition) is 7. The van der Waals surface area contributed by atoms with E-state index in [4.69, 9.17) is 0 Å². The van der Waals surface area contributed by atoms with Crippen molar-refractivity contribution in [3.8, 4) is 0 Å². The second-order valence-corrected chi connectivity index (χ2v) is 11.6. The SMILES string of the molecule is CCCCc1ccc(CN(CCc2csc(SC(C)(C)C(=O)O)n2)c2ncc(CC)cn2)cc1. The highest BCUT2D eigenvalue weighted by Crippen LogP contribution is 2.34. The Morgan fingerprint density at radius 3 is 2.35 bits per heavy atom. The van der Waals surface area contributed by atoms with Crippen LogP contribution in [0.4, 0.5) is 5.95 Å². The third-order valence-electron chi connectivity index (χ3n) is 5.62. The van der Waals surface area contributed by atoms with E-state index in [2.05, 4.69) is 58.0 Å². The number of carboxylic acid groups (broad SMARTS) is 1. The minimum Gasteiger partial charge on any atom is -0.480 e. The highest BCUT2D eigenvalue weighted by molar-refractivity contribution is 8.02. The van der Waals surface area contributed by atoms with Crippen molar-refractivity contribution in [3.05, 3.63) is 64.4 Å². The molecule has 1 aromatic carbocycles. The summed E-state index contributed by atoms with van der Waals surface area (Å²) < 4.78 is -0.126. The maximum atomic E-state index is 11.4. The van der Waals surface area contributed by atoms with Gasteiger partial charge in [0.25, 0.3) is 0 Å². The van der Waals surface area contributed by atoms with Gasteiger partial charge in [-0.3, -0.25) is 4.79 Å². The van der Waals surface area contributed by atoms with Crippen LogP contribution in [0.1, 0.15) is 62.9 Å². The summed E-state index contributed by atoms with van der Waals surface area (Å²) in [5.41, 5.74) is 4.67. The number of rotatable bonds is 13. The van der Waals surface area contributed by atoms with Gasteiger partial charge in [0.15, 0.2) is 4.34 Å². The number of unbranched alkanes of at least 4 members (excludes halogenated alkanes) is 1. The summed E-state index contributed by atoms with van der Waals surface area (Å²) in [4.78, 5) is 27.5. The van der Waals surface area contributed by atoms with E-state index < -0.39 is 10.7 Å². The summed E-state index contributed by atoms with van der Waals surface area (Å²) in [6, 6.07) is 8.84. The Morgan fingerprint density at radius 2 is 1.74 bits per heavy atom. The zero-order valence-corrected chi connectivity index (χ0v) is 22.1. The zero-order chi connectivity index (χ0) is 24.6. The van der Waals surface area contributed by atoms with Crippen molar-refractivity contribution in [1.29, 1.82) is 0 Å². The number of aryl methyl sites for hydroxylation is 2. The van der Waals surface area contributed by atoms with Crippen LogP contribution in [0.2, 0.25) is 0 Å². The number of hydrogen-bond donors (Lipinski definition) is 1. The van der Waals surface area contributed by atoms with Crippen molar-refractivity contribution in [3.63, 3.8) is 0 Å². The standard InChI is InChI=1S/C26H34N4O2S2/c1-5-7-8-20-9-11-21(12-10-20)17-30(24-27-15-19(6-2)16-28-24)14-13-22-18-33-25(29-22)34-26(3,4)23(31)32/h9-12,15-16,18H,5-8,13-14,17H2,1-4H3,(H,31,32). The Bertz CT molecular complexity index is 1050. The van der Waals surface area contributed by atoms with Gasteiger partial charge in [0.05, 0.1) is 5.69 Å². The number of aliphatic carboxylic acids is 1. The van der Waals surface area contributed by atoms with Gasteiger partial charge in [0.2, 0.25) is 5.95 Å². The van der Waals surface area contributed by atoms with Crippen LogP contribution in [0, 0.1) is 0 Å². The fourth-order valence-electron chi connectivity index (χ4n) is 3.32. The summed E-state index contributed by atoms with van der Waals surface area (Å²) in [6.45, 7) is 9.16. The molecule has 182 valence electrons. The average molecular weight is 499 g/mol. The van der Waals surface area contributed by atoms with E-state index in [0.29, 0.717) is 5.95 Å². The number of thioether (sulfide) groups is 1. The van der Waals surface area contributed by atoms with E-state index in [1.165, 1.54) is 47.1 Å². The molecule has 0 bridgehead atoms. The molecular weight excluding hydrogens is 464 g/mol. The lowest BCUT2D eigenvalue weighted by atomic mass is 10.1. The van der Waals surface area contributed by atoms with Crippen LogP contribution in [0.15, 0.2) is 46.4 Å². The first-order chi connectivity index (χ1) is 16.3. The third kappa shape index (κ3) is 7.53. The Kier molecular flexibility index (Phi) is 9.47. The minimum absolute atomic E-state index is 0.712. The van der Waals surface area contributed by atoms with Crippen molar-refractivity contribution in [2.24, 2.45) is 0 Å². The zero-order valence-electron chi connectivity index (χ0n) is 20.5. The largest absolute Gasteiger partial charge is 0.480 e. The number of benzene rings is 1. The molecule has 0 aliphatic rings. The molecule has 0 saturated carbocycles. The normalized spacial score (nSPS) is 11.5. The van der Waals surface area contributed by atoms with Gasteiger partial charge in [-0.05, 0) is 49.8 Å². The first kappa shape index (κ1) is 26.2. The number of anilines is 1. The van der Waals surface area contributed by atoms with E-state index in [0.717, 1.165) is 47.9 Å². The summed E-state index contributed by atoms with van der Waals surface area (Å²) in [6.07, 6.45) is 8.96. The highest BCUT2D eigenvalue weighted by Gasteiger charge is 2.29. The predicted molar refractivity (Wildman–Crippen MR) is 141 cm³/mol. The van der Waals surface area contributed by atoms with Crippen LogP contribution < -0.4 is 4.90 Å². The lowest BCUT2D eigenvalue weighted by Gasteiger charge is -2.22. The molecule has 0 spiro atoms. The van der Waals surface area contributed by atoms with Gasteiger partial charge in [0, 0.05) is 37.3 Å². The van der Waals surface area contributed by atoms with Crippen LogP contribution in [0.3, 0.4) is 0 Å². The molecule has 0 fully saturated rings. The number of carboxylic acids is 1. The van der Waals surface area contributed by atoms with Crippen LogP contribution in [-0.4, -0.2) is 37.3 Å². The Hall–Kier alpha value is -2.45. The lowest BCUT2D eigenvalue weighted by Crippen LogP contribution is -2.27. The maximum Gasteiger partial charge on any atom is 0.319 e. The van der Waals surface area contributed by atoms with Crippen molar-refractivity contribution < 1.29 is 9.90 Å². The molecule has 6 nitrogen and oxygen atoms in total. The number of aromatic nitrogens is 3. The molecule has 0 atom stereocenters. The first-order valence-electron chi connectivity index (χ1n) is 11.8. The van der Waals surface area contributed by atoms with Gasteiger partial charge in [0.1, 0.15) is 4.75 Å². The fraction of sp³-hybridized carbons (Fsp3) is 0.462. The topological polar surface area (TPSA) is 79.2 Å². The molecule has 3 aromatic rings. The van der Waals surface area contributed by atoms with Crippen LogP contribution >= 0.6 is 23.1 Å². The minimum atomic E-state index is -0.903. The molecule has 8 heteroatoms. The summed E-state index contributed by atoms with van der Waals surface area (Å²) in [7, 11) is 0. The van der Waals surface area contributed by atoms with E-state index in [1.54, 1.807) is 13.8 Å². The van der Waals surface area contributed by atoms with Gasteiger partial charge in [-0.2, -0.15) is 0 Å². The van der Waals surface area contributed by atoms with Crippen molar-refractivity contribution in [1.82, 2.24) is 15.0 Å². The van der Waals surface area contributed by atoms with Gasteiger partial charge < -0.3 is 10.0 Å². The van der Waals surface area contributed by atoms with Gasteiger partial charge in [-0.15, -0.1) is 11.3 Å². The van der Waals surface area contributed by atoms with Gasteiger partial charge >= 0.3 is 5.97 Å². The van der Waals surface area contributed by atoms with Crippen LogP contribution in [-0.2, 0) is 30.6 Å². The van der Waals surface area contributed by atoms with Crippen molar-refractivity contribution >= 4 is 35.0 Å². The quantitative estimate of drug-likeness (QED) is 0.288. The molecule has 2 aromatic heterocycles. The van der Waals surface area contributed by atoms with Gasteiger partial charge in [-0.1, -0.05) is 56.3 Å². The van der Waals surface area contributed by atoms with E-state index in [1.807, 2.05) is 17.8 Å². The molecule has 0 amide bonds.